The molecule has 17 heavy (non-hydrogen) atoms. The molecule has 2 rings (SSSR count). The molecule has 1 aliphatic carbocycles. The first-order valence-electron chi connectivity index (χ1n) is 5.38. The molecule has 1 unspecified atom stereocenters. The van der Waals surface area contributed by atoms with Crippen molar-refractivity contribution < 1.29 is 4.79 Å². The summed E-state index contributed by atoms with van der Waals surface area (Å²) in [6.07, 6.45) is 0.837. The van der Waals surface area contributed by atoms with Gasteiger partial charge in [0.25, 0.3) is 0 Å². The standard InChI is InChI=1S/C12H13Cl2NOS/c13-12(14)6-9(12)7-17-8-11(16)15-10-4-2-1-3-5-10/h1-5,9H,6-8H2,(H,15,16). The third-order valence-electron chi connectivity index (χ3n) is 2.57. The van der Waals surface area contributed by atoms with Crippen molar-refractivity contribution in [3.05, 3.63) is 30.3 Å². The van der Waals surface area contributed by atoms with Crippen LogP contribution in [-0.2, 0) is 4.79 Å². The van der Waals surface area contributed by atoms with Crippen LogP contribution in [0.2, 0.25) is 0 Å². The zero-order valence-electron chi connectivity index (χ0n) is 9.16. The van der Waals surface area contributed by atoms with Gasteiger partial charge in [0.2, 0.25) is 5.91 Å². The quantitative estimate of drug-likeness (QED) is 0.840. The zero-order valence-corrected chi connectivity index (χ0v) is 11.5. The summed E-state index contributed by atoms with van der Waals surface area (Å²) in [6, 6.07) is 9.43. The first-order valence-corrected chi connectivity index (χ1v) is 7.29. The number of nitrogens with one attached hydrogen (secondary N) is 1. The van der Waals surface area contributed by atoms with Gasteiger partial charge in [0.05, 0.1) is 5.75 Å². The molecule has 92 valence electrons. The fourth-order valence-electron chi connectivity index (χ4n) is 1.46. The van der Waals surface area contributed by atoms with Gasteiger partial charge in [-0.25, -0.2) is 0 Å². The Morgan fingerprint density at radius 2 is 2.06 bits per heavy atom. The zero-order chi connectivity index (χ0) is 12.3. The molecule has 5 heteroatoms. The van der Waals surface area contributed by atoms with Crippen LogP contribution in [0.15, 0.2) is 30.3 Å². The number of hydrogen-bond donors (Lipinski definition) is 1. The molecule has 1 N–H and O–H groups in total. The lowest BCUT2D eigenvalue weighted by molar-refractivity contribution is -0.113. The Hall–Kier alpha value is -0.380. The molecule has 1 aromatic rings. The van der Waals surface area contributed by atoms with Gasteiger partial charge < -0.3 is 5.32 Å². The highest BCUT2D eigenvalue weighted by Gasteiger charge is 2.51. The van der Waals surface area contributed by atoms with Crippen LogP contribution in [0.1, 0.15) is 6.42 Å². The van der Waals surface area contributed by atoms with E-state index in [2.05, 4.69) is 5.32 Å². The summed E-state index contributed by atoms with van der Waals surface area (Å²) >= 11 is 13.4. The second-order valence-electron chi connectivity index (χ2n) is 4.09. The van der Waals surface area contributed by atoms with Crippen LogP contribution in [0.25, 0.3) is 0 Å². The van der Waals surface area contributed by atoms with E-state index in [-0.39, 0.29) is 5.91 Å². The molecular formula is C12H13Cl2NOS. The number of carbonyl (C=O) groups excluding carboxylic acids is 1. The maximum Gasteiger partial charge on any atom is 0.234 e. The van der Waals surface area contributed by atoms with Gasteiger partial charge in [-0.2, -0.15) is 11.8 Å². The summed E-state index contributed by atoms with van der Waals surface area (Å²) in [5, 5.41) is 2.83. The minimum absolute atomic E-state index is 0.0107. The molecule has 1 aliphatic rings. The van der Waals surface area contributed by atoms with Crippen molar-refractivity contribution in [2.75, 3.05) is 16.8 Å². The van der Waals surface area contributed by atoms with Gasteiger partial charge in [-0.15, -0.1) is 23.2 Å². The molecule has 1 saturated carbocycles. The Morgan fingerprint density at radius 1 is 1.41 bits per heavy atom. The lowest BCUT2D eigenvalue weighted by Crippen LogP contribution is -2.14. The van der Waals surface area contributed by atoms with Crippen molar-refractivity contribution in [1.29, 1.82) is 0 Å². The maximum atomic E-state index is 11.6. The number of anilines is 1. The van der Waals surface area contributed by atoms with Gasteiger partial charge in [0.15, 0.2) is 0 Å². The lowest BCUT2D eigenvalue weighted by atomic mass is 10.3. The van der Waals surface area contributed by atoms with Gasteiger partial charge in [-0.1, -0.05) is 18.2 Å². The normalized spacial score (nSPS) is 20.9. The van der Waals surface area contributed by atoms with Gasteiger partial charge in [-0.05, 0) is 24.3 Å². The van der Waals surface area contributed by atoms with E-state index in [0.717, 1.165) is 17.9 Å². The van der Waals surface area contributed by atoms with Crippen LogP contribution in [0.5, 0.6) is 0 Å². The number of rotatable bonds is 5. The van der Waals surface area contributed by atoms with E-state index in [4.69, 9.17) is 23.2 Å². The fraction of sp³-hybridized carbons (Fsp3) is 0.417. The second-order valence-corrected chi connectivity index (χ2v) is 6.66. The van der Waals surface area contributed by atoms with E-state index >= 15 is 0 Å². The summed E-state index contributed by atoms with van der Waals surface area (Å²) < 4.78 is -0.539. The molecule has 1 amide bonds. The predicted octanol–water partition coefficient (Wildman–Crippen LogP) is 3.55. The minimum Gasteiger partial charge on any atom is -0.325 e. The molecule has 0 spiro atoms. The van der Waals surface area contributed by atoms with E-state index in [0.29, 0.717) is 11.7 Å². The van der Waals surface area contributed by atoms with Crippen molar-refractivity contribution in [3.63, 3.8) is 0 Å². The number of halogens is 2. The molecule has 0 radical (unpaired) electrons. The van der Waals surface area contributed by atoms with Crippen LogP contribution < -0.4 is 5.32 Å². The highest BCUT2D eigenvalue weighted by Crippen LogP contribution is 2.54. The Labute approximate surface area is 115 Å². The van der Waals surface area contributed by atoms with Crippen molar-refractivity contribution >= 4 is 46.6 Å². The average molecular weight is 290 g/mol. The third kappa shape index (κ3) is 4.09. The number of alkyl halides is 2. The van der Waals surface area contributed by atoms with Crippen LogP contribution >= 0.6 is 35.0 Å². The van der Waals surface area contributed by atoms with E-state index in [1.807, 2.05) is 30.3 Å². The molecule has 0 bridgehead atoms. The lowest BCUT2D eigenvalue weighted by Gasteiger charge is -2.04. The van der Waals surface area contributed by atoms with Crippen molar-refractivity contribution in [2.24, 2.45) is 5.92 Å². The Morgan fingerprint density at radius 3 is 2.65 bits per heavy atom. The molecular weight excluding hydrogens is 277 g/mol. The highest BCUT2D eigenvalue weighted by molar-refractivity contribution is 8.00. The smallest absolute Gasteiger partial charge is 0.234 e. The number of carbonyl (C=O) groups is 1. The first-order chi connectivity index (χ1) is 8.08. The van der Waals surface area contributed by atoms with Crippen LogP contribution in [-0.4, -0.2) is 21.7 Å². The predicted molar refractivity (Wildman–Crippen MR) is 74.9 cm³/mol. The van der Waals surface area contributed by atoms with Gasteiger partial charge >= 0.3 is 0 Å². The van der Waals surface area contributed by atoms with Crippen molar-refractivity contribution in [2.45, 2.75) is 10.8 Å². The van der Waals surface area contributed by atoms with E-state index in [1.165, 1.54) is 0 Å². The Balaban J connectivity index is 1.65. The number of hydrogen-bond acceptors (Lipinski definition) is 2. The molecule has 1 fully saturated rings. The molecule has 0 aromatic heterocycles. The summed E-state index contributed by atoms with van der Waals surface area (Å²) in [5.41, 5.74) is 0.827. The number of amides is 1. The molecule has 2 nitrogen and oxygen atoms in total. The summed E-state index contributed by atoms with van der Waals surface area (Å²) in [7, 11) is 0. The van der Waals surface area contributed by atoms with Gasteiger partial charge in [-0.3, -0.25) is 4.79 Å². The van der Waals surface area contributed by atoms with Gasteiger partial charge in [0.1, 0.15) is 4.33 Å². The van der Waals surface area contributed by atoms with Crippen LogP contribution in [0.4, 0.5) is 5.69 Å². The number of benzene rings is 1. The molecule has 0 saturated heterocycles. The topological polar surface area (TPSA) is 29.1 Å². The largest absolute Gasteiger partial charge is 0.325 e. The third-order valence-corrected chi connectivity index (χ3v) is 4.60. The minimum atomic E-state index is -0.539. The fourth-order valence-corrected chi connectivity index (χ4v) is 3.23. The van der Waals surface area contributed by atoms with Crippen molar-refractivity contribution in [1.82, 2.24) is 0 Å². The van der Waals surface area contributed by atoms with Gasteiger partial charge in [0, 0.05) is 11.6 Å². The SMILES string of the molecule is O=C(CSCC1CC1(Cl)Cl)Nc1ccccc1. The second kappa shape index (κ2) is 5.51. The van der Waals surface area contributed by atoms with Crippen LogP contribution in [0, 0.1) is 5.92 Å². The highest BCUT2D eigenvalue weighted by atomic mass is 35.5. The summed E-state index contributed by atoms with van der Waals surface area (Å²) in [4.78, 5) is 11.6. The van der Waals surface area contributed by atoms with E-state index < -0.39 is 4.33 Å². The average Bonchev–Trinajstić information content (AvgIpc) is 2.88. The van der Waals surface area contributed by atoms with E-state index in [1.54, 1.807) is 11.8 Å². The van der Waals surface area contributed by atoms with Crippen LogP contribution in [0.3, 0.4) is 0 Å². The molecule has 1 aromatic carbocycles. The Kier molecular flexibility index (Phi) is 4.23. The Bertz CT molecular complexity index is 397. The van der Waals surface area contributed by atoms with E-state index in [9.17, 15) is 4.79 Å². The first kappa shape index (κ1) is 13.1. The molecule has 0 aliphatic heterocycles. The maximum absolute atomic E-state index is 11.6. The summed E-state index contributed by atoms with van der Waals surface area (Å²) in [6.45, 7) is 0. The van der Waals surface area contributed by atoms with Crippen molar-refractivity contribution in [3.8, 4) is 0 Å². The molecule has 0 heterocycles. The molecule has 1 atom stereocenters. The number of para-hydroxylation sites is 1. The monoisotopic (exact) mass is 289 g/mol. The number of thioether (sulfide) groups is 1. The summed E-state index contributed by atoms with van der Waals surface area (Å²) in [5.74, 6) is 1.63.